The molecule has 1 aromatic heterocycles. The number of benzene rings is 1. The van der Waals surface area contributed by atoms with Gasteiger partial charge in [0.05, 0.1) is 4.60 Å². The molecule has 2 nitrogen and oxygen atoms in total. The summed E-state index contributed by atoms with van der Waals surface area (Å²) in [6, 6.07) is 7.31. The maximum absolute atomic E-state index is 3.69. The maximum atomic E-state index is 3.69. The minimum Gasteiger partial charge on any atom is -0.349 e. The van der Waals surface area contributed by atoms with Gasteiger partial charge < -0.3 is 10.3 Å². The third-order valence-electron chi connectivity index (χ3n) is 4.32. The predicted octanol–water partition coefficient (Wildman–Crippen LogP) is 3.32. The molecule has 0 spiro atoms. The molecule has 1 aromatic carbocycles. The van der Waals surface area contributed by atoms with Crippen molar-refractivity contribution in [2.24, 2.45) is 0 Å². The Balaban J connectivity index is 2.01. The Labute approximate surface area is 109 Å². The van der Waals surface area contributed by atoms with Gasteiger partial charge >= 0.3 is 0 Å². The molecule has 0 amide bonds. The summed E-state index contributed by atoms with van der Waals surface area (Å²) >= 11 is 3.67. The Morgan fingerprint density at radius 3 is 3.18 bits per heavy atom. The van der Waals surface area contributed by atoms with Gasteiger partial charge in [0.25, 0.3) is 0 Å². The van der Waals surface area contributed by atoms with Gasteiger partial charge in [-0.25, -0.2) is 0 Å². The molecule has 0 radical (unpaired) electrons. The molecular weight excluding hydrogens is 276 g/mol. The summed E-state index contributed by atoms with van der Waals surface area (Å²) in [6.45, 7) is 1.18. The average molecular weight is 291 g/mol. The molecule has 2 atom stereocenters. The summed E-state index contributed by atoms with van der Waals surface area (Å²) in [5.74, 6) is 0.711. The fourth-order valence-electron chi connectivity index (χ4n) is 3.57. The van der Waals surface area contributed by atoms with Crippen LogP contribution in [-0.4, -0.2) is 17.6 Å². The predicted molar refractivity (Wildman–Crippen MR) is 73.5 cm³/mol. The lowest BCUT2D eigenvalue weighted by molar-refractivity contribution is 0.345. The van der Waals surface area contributed by atoms with Crippen LogP contribution in [0, 0.1) is 0 Å². The first-order chi connectivity index (χ1) is 8.34. The van der Waals surface area contributed by atoms with Gasteiger partial charge in [0.15, 0.2) is 0 Å². The Morgan fingerprint density at radius 1 is 1.29 bits per heavy atom. The minimum absolute atomic E-state index is 0.633. The number of nitrogens with one attached hydrogen (secondary N) is 2. The van der Waals surface area contributed by atoms with Crippen molar-refractivity contribution in [1.82, 2.24) is 10.3 Å². The van der Waals surface area contributed by atoms with Crippen molar-refractivity contribution >= 4 is 26.8 Å². The second-order valence-electron chi connectivity index (χ2n) is 5.20. The molecule has 2 aliphatic rings. The molecule has 88 valence electrons. The molecule has 1 saturated heterocycles. The third kappa shape index (κ3) is 1.36. The number of aromatic nitrogens is 1. The first-order valence-electron chi connectivity index (χ1n) is 6.37. The van der Waals surface area contributed by atoms with Crippen LogP contribution in [0.5, 0.6) is 0 Å². The van der Waals surface area contributed by atoms with Crippen LogP contribution in [0.15, 0.2) is 22.8 Å². The first kappa shape index (κ1) is 10.2. The van der Waals surface area contributed by atoms with Crippen LogP contribution in [0.25, 0.3) is 10.9 Å². The van der Waals surface area contributed by atoms with Gasteiger partial charge in [-0.2, -0.15) is 0 Å². The monoisotopic (exact) mass is 290 g/mol. The zero-order chi connectivity index (χ0) is 11.4. The lowest BCUT2D eigenvalue weighted by atomic mass is 9.76. The van der Waals surface area contributed by atoms with Crippen LogP contribution in [0.2, 0.25) is 0 Å². The van der Waals surface area contributed by atoms with Crippen molar-refractivity contribution in [3.8, 4) is 0 Å². The third-order valence-corrected chi connectivity index (χ3v) is 4.99. The van der Waals surface area contributed by atoms with E-state index < -0.39 is 0 Å². The summed E-state index contributed by atoms with van der Waals surface area (Å²) in [6.07, 6.45) is 3.79. The number of fused-ring (bicyclic) bond motifs is 2. The fourth-order valence-corrected chi connectivity index (χ4v) is 4.15. The molecule has 1 fully saturated rings. The lowest BCUT2D eigenvalue weighted by Gasteiger charge is -2.36. The molecule has 1 aliphatic carbocycles. The summed E-state index contributed by atoms with van der Waals surface area (Å²) in [7, 11) is 0. The van der Waals surface area contributed by atoms with Crippen molar-refractivity contribution in [1.29, 1.82) is 0 Å². The zero-order valence-electron chi connectivity index (χ0n) is 9.59. The highest BCUT2D eigenvalue weighted by atomic mass is 79.9. The van der Waals surface area contributed by atoms with Gasteiger partial charge in [-0.05, 0) is 58.9 Å². The number of hydrogen-bond donors (Lipinski definition) is 2. The summed E-state index contributed by atoms with van der Waals surface area (Å²) in [5.41, 5.74) is 4.29. The summed E-state index contributed by atoms with van der Waals surface area (Å²) in [4.78, 5) is 3.46. The van der Waals surface area contributed by atoms with Crippen molar-refractivity contribution in [3.05, 3.63) is 33.9 Å². The van der Waals surface area contributed by atoms with Crippen LogP contribution >= 0.6 is 15.9 Å². The van der Waals surface area contributed by atoms with E-state index in [1.54, 1.807) is 5.56 Å². The Morgan fingerprint density at radius 2 is 2.24 bits per heavy atom. The Bertz CT molecular complexity index is 587. The molecule has 4 rings (SSSR count). The quantitative estimate of drug-likeness (QED) is 0.765. The van der Waals surface area contributed by atoms with Crippen molar-refractivity contribution in [2.75, 3.05) is 6.54 Å². The molecule has 0 saturated carbocycles. The van der Waals surface area contributed by atoms with E-state index in [9.17, 15) is 0 Å². The number of piperidine rings is 1. The van der Waals surface area contributed by atoms with Crippen molar-refractivity contribution in [3.63, 3.8) is 0 Å². The van der Waals surface area contributed by atoms with E-state index in [4.69, 9.17) is 0 Å². The van der Waals surface area contributed by atoms with Crippen LogP contribution in [0.4, 0.5) is 0 Å². The molecule has 17 heavy (non-hydrogen) atoms. The van der Waals surface area contributed by atoms with E-state index in [1.807, 2.05) is 0 Å². The average Bonchev–Trinajstić information content (AvgIpc) is 2.68. The molecule has 2 aromatic rings. The fraction of sp³-hybridized carbons (Fsp3) is 0.429. The first-order valence-corrected chi connectivity index (χ1v) is 7.16. The normalized spacial score (nSPS) is 27.1. The number of hydrogen-bond acceptors (Lipinski definition) is 1. The molecular formula is C14H15BrN2. The smallest absolute Gasteiger partial charge is 0.0864 e. The van der Waals surface area contributed by atoms with Crippen LogP contribution in [0.3, 0.4) is 0 Å². The Hall–Kier alpha value is -0.800. The molecule has 0 unspecified atom stereocenters. The summed E-state index contributed by atoms with van der Waals surface area (Å²) < 4.78 is 1.17. The van der Waals surface area contributed by atoms with E-state index in [0.29, 0.717) is 12.0 Å². The highest BCUT2D eigenvalue weighted by Crippen LogP contribution is 2.42. The topological polar surface area (TPSA) is 27.8 Å². The van der Waals surface area contributed by atoms with Gasteiger partial charge in [-0.1, -0.05) is 12.1 Å². The van der Waals surface area contributed by atoms with Crippen LogP contribution in [0.1, 0.15) is 29.9 Å². The van der Waals surface area contributed by atoms with Gasteiger partial charge in [-0.3, -0.25) is 0 Å². The van der Waals surface area contributed by atoms with Gasteiger partial charge in [-0.15, -0.1) is 0 Å². The molecule has 3 heteroatoms. The number of rotatable bonds is 0. The number of halogens is 1. The van der Waals surface area contributed by atoms with Gasteiger partial charge in [0.2, 0.25) is 0 Å². The Kier molecular flexibility index (Phi) is 2.15. The van der Waals surface area contributed by atoms with E-state index >= 15 is 0 Å². The second kappa shape index (κ2) is 3.59. The SMILES string of the molecule is Brc1[nH]c2cccc3c2c1C[C@H]1NCCC[C@H]31. The van der Waals surface area contributed by atoms with Crippen molar-refractivity contribution in [2.45, 2.75) is 31.2 Å². The van der Waals surface area contributed by atoms with E-state index in [-0.39, 0.29) is 0 Å². The highest BCUT2D eigenvalue weighted by Gasteiger charge is 2.33. The molecule has 2 N–H and O–H groups in total. The van der Waals surface area contributed by atoms with E-state index in [1.165, 1.54) is 40.5 Å². The summed E-state index contributed by atoms with van der Waals surface area (Å²) in [5, 5.41) is 5.16. The molecule has 0 bridgehead atoms. The highest BCUT2D eigenvalue weighted by molar-refractivity contribution is 9.10. The second-order valence-corrected chi connectivity index (χ2v) is 5.99. The number of aromatic amines is 1. The lowest BCUT2D eigenvalue weighted by Crippen LogP contribution is -2.43. The maximum Gasteiger partial charge on any atom is 0.0864 e. The largest absolute Gasteiger partial charge is 0.349 e. The molecule has 2 heterocycles. The van der Waals surface area contributed by atoms with Gasteiger partial charge in [0, 0.05) is 22.9 Å². The zero-order valence-corrected chi connectivity index (χ0v) is 11.2. The van der Waals surface area contributed by atoms with Crippen LogP contribution in [-0.2, 0) is 6.42 Å². The molecule has 1 aliphatic heterocycles. The van der Waals surface area contributed by atoms with Crippen molar-refractivity contribution < 1.29 is 0 Å². The van der Waals surface area contributed by atoms with Crippen LogP contribution < -0.4 is 5.32 Å². The minimum atomic E-state index is 0.633. The van der Waals surface area contributed by atoms with E-state index in [0.717, 1.165) is 6.42 Å². The standard InChI is InChI=1S/C14H15BrN2/c15-14-10-7-12-8(4-2-6-16-12)9-3-1-5-11(17-14)13(9)10/h1,3,5,8,12,16-17H,2,4,6-7H2/t8-,12-/m1/s1. The number of H-pyrrole nitrogens is 1. The van der Waals surface area contributed by atoms with Gasteiger partial charge in [0.1, 0.15) is 0 Å². The van der Waals surface area contributed by atoms with E-state index in [2.05, 4.69) is 44.4 Å².